The number of ether oxygens (including phenoxy) is 3. The SMILES string of the molecule is COC1C=CC(Oc2nc(N3CCN(C(=O)OCc4ccccc4)CC3)nc3ccccc23)C1. The molecule has 2 unspecified atom stereocenters. The highest BCUT2D eigenvalue weighted by molar-refractivity contribution is 5.84. The molecular weight excluding hydrogens is 432 g/mol. The molecule has 8 heteroatoms. The van der Waals surface area contributed by atoms with Gasteiger partial charge in [0.25, 0.3) is 0 Å². The number of rotatable bonds is 6. The lowest BCUT2D eigenvalue weighted by Gasteiger charge is -2.34. The summed E-state index contributed by atoms with van der Waals surface area (Å²) >= 11 is 0. The summed E-state index contributed by atoms with van der Waals surface area (Å²) in [4.78, 5) is 25.9. The molecule has 8 nitrogen and oxygen atoms in total. The van der Waals surface area contributed by atoms with Crippen molar-refractivity contribution < 1.29 is 19.0 Å². The van der Waals surface area contributed by atoms with Gasteiger partial charge in [-0.2, -0.15) is 4.98 Å². The van der Waals surface area contributed by atoms with Crippen LogP contribution >= 0.6 is 0 Å². The Morgan fingerprint density at radius 3 is 2.44 bits per heavy atom. The molecule has 1 aliphatic heterocycles. The fraction of sp³-hybridized carbons (Fsp3) is 0.346. The van der Waals surface area contributed by atoms with E-state index in [2.05, 4.69) is 4.90 Å². The number of amides is 1. The first-order valence-electron chi connectivity index (χ1n) is 11.5. The molecule has 1 aromatic heterocycles. The maximum Gasteiger partial charge on any atom is 0.410 e. The van der Waals surface area contributed by atoms with Crippen LogP contribution in [0, 0.1) is 0 Å². The molecule has 0 radical (unpaired) electrons. The lowest BCUT2D eigenvalue weighted by molar-refractivity contribution is 0.0940. The van der Waals surface area contributed by atoms with Crippen LogP contribution in [0.4, 0.5) is 10.7 Å². The number of hydrogen-bond donors (Lipinski definition) is 0. The summed E-state index contributed by atoms with van der Waals surface area (Å²) in [6.07, 6.45) is 4.47. The van der Waals surface area contributed by atoms with Crippen molar-refractivity contribution in [3.8, 4) is 5.88 Å². The van der Waals surface area contributed by atoms with Gasteiger partial charge in [0, 0.05) is 39.7 Å². The van der Waals surface area contributed by atoms with E-state index in [9.17, 15) is 4.79 Å². The van der Waals surface area contributed by atoms with Crippen LogP contribution in [0.15, 0.2) is 66.7 Å². The van der Waals surface area contributed by atoms with Crippen LogP contribution in [-0.2, 0) is 16.1 Å². The highest BCUT2D eigenvalue weighted by Gasteiger charge is 2.26. The summed E-state index contributed by atoms with van der Waals surface area (Å²) in [5, 5.41) is 0.878. The standard InChI is InChI=1S/C26H28N4O4/c1-32-20-11-12-21(17-20)34-24-22-9-5-6-10-23(22)27-25(28-24)29-13-15-30(16-14-29)26(31)33-18-19-7-3-2-4-8-19/h2-12,20-21H,13-18H2,1H3. The van der Waals surface area contributed by atoms with Crippen LogP contribution < -0.4 is 9.64 Å². The zero-order valence-corrected chi connectivity index (χ0v) is 19.2. The smallest absolute Gasteiger partial charge is 0.410 e. The number of anilines is 1. The zero-order chi connectivity index (χ0) is 23.3. The molecule has 3 aromatic rings. The molecule has 1 aliphatic carbocycles. The van der Waals surface area contributed by atoms with Crippen molar-refractivity contribution in [3.05, 3.63) is 72.3 Å². The predicted octanol–water partition coefficient (Wildman–Crippen LogP) is 3.81. The molecule has 0 bridgehead atoms. The van der Waals surface area contributed by atoms with Crippen molar-refractivity contribution in [1.82, 2.24) is 14.9 Å². The van der Waals surface area contributed by atoms with Gasteiger partial charge in [0.05, 0.1) is 17.0 Å². The maximum absolute atomic E-state index is 12.5. The fourth-order valence-corrected chi connectivity index (χ4v) is 4.21. The molecule has 176 valence electrons. The van der Waals surface area contributed by atoms with E-state index in [0.29, 0.717) is 38.0 Å². The molecular formula is C26H28N4O4. The molecule has 1 saturated heterocycles. The monoisotopic (exact) mass is 460 g/mol. The minimum absolute atomic E-state index is 0.0623. The summed E-state index contributed by atoms with van der Waals surface area (Å²) in [7, 11) is 1.70. The van der Waals surface area contributed by atoms with Crippen LogP contribution in [0.2, 0.25) is 0 Å². The molecule has 2 aliphatic rings. The molecule has 2 atom stereocenters. The van der Waals surface area contributed by atoms with Gasteiger partial charge in [0.1, 0.15) is 12.7 Å². The molecule has 1 amide bonds. The van der Waals surface area contributed by atoms with Gasteiger partial charge in [-0.05, 0) is 23.8 Å². The van der Waals surface area contributed by atoms with Gasteiger partial charge < -0.3 is 24.0 Å². The third-order valence-electron chi connectivity index (χ3n) is 6.15. The maximum atomic E-state index is 12.5. The number of piperazine rings is 1. The van der Waals surface area contributed by atoms with Crippen LogP contribution in [0.25, 0.3) is 10.9 Å². The van der Waals surface area contributed by atoms with E-state index in [1.54, 1.807) is 12.0 Å². The van der Waals surface area contributed by atoms with Crippen molar-refractivity contribution in [2.24, 2.45) is 0 Å². The molecule has 34 heavy (non-hydrogen) atoms. The highest BCUT2D eigenvalue weighted by Crippen LogP contribution is 2.29. The Morgan fingerprint density at radius 1 is 0.941 bits per heavy atom. The normalized spacial score (nSPS) is 20.0. The molecule has 2 heterocycles. The number of hydrogen-bond acceptors (Lipinski definition) is 7. The predicted molar refractivity (Wildman–Crippen MR) is 129 cm³/mol. The molecule has 1 fully saturated rings. The van der Waals surface area contributed by atoms with Gasteiger partial charge in [0.15, 0.2) is 0 Å². The number of methoxy groups -OCH3 is 1. The van der Waals surface area contributed by atoms with Crippen molar-refractivity contribution in [3.63, 3.8) is 0 Å². The van der Waals surface area contributed by atoms with E-state index in [1.165, 1.54) is 0 Å². The van der Waals surface area contributed by atoms with Crippen LogP contribution in [0.1, 0.15) is 12.0 Å². The van der Waals surface area contributed by atoms with E-state index in [4.69, 9.17) is 24.2 Å². The molecule has 0 spiro atoms. The average Bonchev–Trinajstić information content (AvgIpc) is 3.35. The Hall–Kier alpha value is -3.65. The summed E-state index contributed by atoms with van der Waals surface area (Å²) in [5.41, 5.74) is 1.80. The molecule has 0 saturated carbocycles. The largest absolute Gasteiger partial charge is 0.469 e. The topological polar surface area (TPSA) is 77.0 Å². The van der Waals surface area contributed by atoms with Crippen molar-refractivity contribution >= 4 is 22.9 Å². The Bertz CT molecular complexity index is 1160. The minimum Gasteiger partial charge on any atom is -0.469 e. The van der Waals surface area contributed by atoms with Crippen LogP contribution in [0.5, 0.6) is 5.88 Å². The van der Waals surface area contributed by atoms with Gasteiger partial charge >= 0.3 is 6.09 Å². The number of carbonyl (C=O) groups excluding carboxylic acids is 1. The van der Waals surface area contributed by atoms with Gasteiger partial charge in [-0.1, -0.05) is 48.5 Å². The molecule has 2 aromatic carbocycles. The van der Waals surface area contributed by atoms with E-state index in [0.717, 1.165) is 22.9 Å². The van der Waals surface area contributed by atoms with Gasteiger partial charge in [0.2, 0.25) is 11.8 Å². The van der Waals surface area contributed by atoms with Gasteiger partial charge in [-0.25, -0.2) is 9.78 Å². The van der Waals surface area contributed by atoms with Crippen LogP contribution in [-0.4, -0.2) is 66.5 Å². The van der Waals surface area contributed by atoms with E-state index >= 15 is 0 Å². The van der Waals surface area contributed by atoms with E-state index < -0.39 is 0 Å². The number of fused-ring (bicyclic) bond motifs is 1. The van der Waals surface area contributed by atoms with Gasteiger partial charge in [-0.3, -0.25) is 0 Å². The third-order valence-corrected chi connectivity index (χ3v) is 6.15. The highest BCUT2D eigenvalue weighted by atomic mass is 16.6. The number of carbonyl (C=O) groups is 1. The Labute approximate surface area is 198 Å². The van der Waals surface area contributed by atoms with Crippen molar-refractivity contribution in [1.29, 1.82) is 0 Å². The number of nitrogens with zero attached hydrogens (tertiary/aromatic N) is 4. The summed E-state index contributed by atoms with van der Waals surface area (Å²) < 4.78 is 17.1. The number of para-hydroxylation sites is 1. The second-order valence-corrected chi connectivity index (χ2v) is 8.41. The summed E-state index contributed by atoms with van der Waals surface area (Å²) in [6, 6.07) is 17.5. The quantitative estimate of drug-likeness (QED) is 0.518. The average molecular weight is 461 g/mol. The fourth-order valence-electron chi connectivity index (χ4n) is 4.21. The first-order chi connectivity index (χ1) is 16.7. The Morgan fingerprint density at radius 2 is 1.68 bits per heavy atom. The van der Waals surface area contributed by atoms with Crippen molar-refractivity contribution in [2.45, 2.75) is 25.2 Å². The molecule has 0 N–H and O–H groups in total. The summed E-state index contributed by atoms with van der Waals surface area (Å²) in [6.45, 7) is 2.59. The Kier molecular flexibility index (Phi) is 6.58. The van der Waals surface area contributed by atoms with E-state index in [1.807, 2.05) is 66.7 Å². The minimum atomic E-state index is -0.298. The number of benzene rings is 2. The summed E-state index contributed by atoms with van der Waals surface area (Å²) in [5.74, 6) is 1.17. The van der Waals surface area contributed by atoms with Crippen LogP contribution in [0.3, 0.4) is 0 Å². The molecule has 5 rings (SSSR count). The zero-order valence-electron chi connectivity index (χ0n) is 19.2. The lowest BCUT2D eigenvalue weighted by Crippen LogP contribution is -2.49. The second-order valence-electron chi connectivity index (χ2n) is 8.41. The first kappa shape index (κ1) is 22.2. The van der Waals surface area contributed by atoms with E-state index in [-0.39, 0.29) is 24.9 Å². The lowest BCUT2D eigenvalue weighted by atomic mass is 10.2. The Balaban J connectivity index is 1.25. The second kappa shape index (κ2) is 10.1. The first-order valence-corrected chi connectivity index (χ1v) is 11.5. The van der Waals surface area contributed by atoms with Gasteiger partial charge in [-0.15, -0.1) is 0 Å². The third kappa shape index (κ3) is 4.97. The van der Waals surface area contributed by atoms with Crippen molar-refractivity contribution in [2.75, 3.05) is 38.2 Å². The number of aromatic nitrogens is 2.